The van der Waals surface area contributed by atoms with E-state index in [0.717, 1.165) is 10.9 Å². The van der Waals surface area contributed by atoms with Crippen LogP contribution in [0.1, 0.15) is 5.56 Å². The molecule has 0 fully saturated rings. The molecule has 0 radical (unpaired) electrons. The lowest BCUT2D eigenvalue weighted by atomic mass is 10.1. The molecular formula is C9H7N3. The second kappa shape index (κ2) is 2.28. The van der Waals surface area contributed by atoms with E-state index in [-0.39, 0.29) is 0 Å². The van der Waals surface area contributed by atoms with Crippen LogP contribution >= 0.6 is 0 Å². The van der Waals surface area contributed by atoms with Gasteiger partial charge >= 0.3 is 0 Å². The number of nitrogens with one attached hydrogen (secondary N) is 1. The molecule has 1 aromatic heterocycles. The Hall–Kier alpha value is -1.95. The van der Waals surface area contributed by atoms with Gasteiger partial charge in [-0.05, 0) is 18.2 Å². The molecule has 0 unspecified atom stereocenters. The Kier molecular flexibility index (Phi) is 1.28. The molecule has 1 heterocycles. The van der Waals surface area contributed by atoms with Crippen molar-refractivity contribution >= 4 is 16.6 Å². The number of benzene rings is 1. The maximum atomic E-state index is 8.68. The molecule has 0 bridgehead atoms. The van der Waals surface area contributed by atoms with Crippen molar-refractivity contribution in [2.24, 2.45) is 0 Å². The third kappa shape index (κ3) is 0.823. The molecule has 0 amide bonds. The third-order valence-corrected chi connectivity index (χ3v) is 1.84. The van der Waals surface area contributed by atoms with Gasteiger partial charge in [-0.25, -0.2) is 0 Å². The quantitative estimate of drug-likeness (QED) is 0.570. The van der Waals surface area contributed by atoms with E-state index in [1.165, 1.54) is 0 Å². The molecule has 3 N–H and O–H groups in total. The zero-order valence-corrected chi connectivity index (χ0v) is 6.33. The SMILES string of the molecule is N#Cc1cc2cc[nH]c2cc1N. The summed E-state index contributed by atoms with van der Waals surface area (Å²) in [6.45, 7) is 0. The number of aromatic amines is 1. The van der Waals surface area contributed by atoms with E-state index in [9.17, 15) is 0 Å². The molecule has 0 aliphatic rings. The highest BCUT2D eigenvalue weighted by Gasteiger charge is 2.00. The van der Waals surface area contributed by atoms with Gasteiger partial charge in [-0.1, -0.05) is 0 Å². The Labute approximate surface area is 69.4 Å². The highest BCUT2D eigenvalue weighted by atomic mass is 14.7. The van der Waals surface area contributed by atoms with Crippen LogP contribution in [0.25, 0.3) is 10.9 Å². The van der Waals surface area contributed by atoms with Gasteiger partial charge in [0.25, 0.3) is 0 Å². The van der Waals surface area contributed by atoms with Crippen molar-refractivity contribution in [2.45, 2.75) is 0 Å². The molecule has 0 aliphatic heterocycles. The van der Waals surface area contributed by atoms with Crippen LogP contribution in [-0.4, -0.2) is 4.98 Å². The summed E-state index contributed by atoms with van der Waals surface area (Å²) in [7, 11) is 0. The van der Waals surface area contributed by atoms with Crippen LogP contribution in [0.2, 0.25) is 0 Å². The monoisotopic (exact) mass is 157 g/mol. The van der Waals surface area contributed by atoms with Gasteiger partial charge < -0.3 is 10.7 Å². The van der Waals surface area contributed by atoms with Gasteiger partial charge in [0.1, 0.15) is 6.07 Å². The zero-order chi connectivity index (χ0) is 8.55. The Morgan fingerprint density at radius 3 is 3.00 bits per heavy atom. The molecule has 12 heavy (non-hydrogen) atoms. The lowest BCUT2D eigenvalue weighted by Gasteiger charge is -1.96. The van der Waals surface area contributed by atoms with Crippen molar-refractivity contribution in [3.05, 3.63) is 30.0 Å². The summed E-state index contributed by atoms with van der Waals surface area (Å²) in [4.78, 5) is 3.02. The van der Waals surface area contributed by atoms with Crippen LogP contribution < -0.4 is 5.73 Å². The molecule has 58 valence electrons. The highest BCUT2D eigenvalue weighted by molar-refractivity contribution is 5.85. The third-order valence-electron chi connectivity index (χ3n) is 1.84. The number of nitrogens with two attached hydrogens (primary N) is 1. The second-order valence-electron chi connectivity index (χ2n) is 2.62. The topological polar surface area (TPSA) is 65.6 Å². The normalized spacial score (nSPS) is 9.92. The Bertz CT molecular complexity index is 462. The summed E-state index contributed by atoms with van der Waals surface area (Å²) in [6, 6.07) is 7.50. The predicted octanol–water partition coefficient (Wildman–Crippen LogP) is 1.62. The second-order valence-corrected chi connectivity index (χ2v) is 2.62. The minimum Gasteiger partial charge on any atom is -0.398 e. The number of aromatic nitrogens is 1. The van der Waals surface area contributed by atoms with Gasteiger partial charge in [0.15, 0.2) is 0 Å². The van der Waals surface area contributed by atoms with Gasteiger partial charge in [0, 0.05) is 17.1 Å². The summed E-state index contributed by atoms with van der Waals surface area (Å²) in [5, 5.41) is 9.69. The number of hydrogen-bond acceptors (Lipinski definition) is 2. The molecule has 0 saturated heterocycles. The first-order valence-corrected chi connectivity index (χ1v) is 3.58. The van der Waals surface area contributed by atoms with Gasteiger partial charge in [0.2, 0.25) is 0 Å². The van der Waals surface area contributed by atoms with E-state index >= 15 is 0 Å². The predicted molar refractivity (Wildman–Crippen MR) is 47.4 cm³/mol. The largest absolute Gasteiger partial charge is 0.398 e. The number of H-pyrrole nitrogens is 1. The molecule has 0 aliphatic carbocycles. The molecule has 1 aromatic carbocycles. The molecule has 2 rings (SSSR count). The molecule has 3 heteroatoms. The van der Waals surface area contributed by atoms with Crippen molar-refractivity contribution in [2.75, 3.05) is 5.73 Å². The van der Waals surface area contributed by atoms with E-state index in [1.54, 1.807) is 12.1 Å². The number of anilines is 1. The van der Waals surface area contributed by atoms with Gasteiger partial charge in [-0.15, -0.1) is 0 Å². The van der Waals surface area contributed by atoms with Crippen LogP contribution in [0.5, 0.6) is 0 Å². The van der Waals surface area contributed by atoms with Crippen LogP contribution in [-0.2, 0) is 0 Å². The standard InChI is InChI=1S/C9H7N3/c10-5-7-3-6-1-2-12-9(6)4-8(7)11/h1-4,12H,11H2. The lowest BCUT2D eigenvalue weighted by Crippen LogP contribution is -1.89. The minimum absolute atomic E-state index is 0.521. The lowest BCUT2D eigenvalue weighted by molar-refractivity contribution is 1.47. The maximum Gasteiger partial charge on any atom is 0.101 e. The van der Waals surface area contributed by atoms with E-state index in [2.05, 4.69) is 4.98 Å². The first-order valence-electron chi connectivity index (χ1n) is 3.58. The Morgan fingerprint density at radius 1 is 1.42 bits per heavy atom. The number of rotatable bonds is 0. The molecule has 0 spiro atoms. The van der Waals surface area contributed by atoms with E-state index in [1.807, 2.05) is 18.3 Å². The van der Waals surface area contributed by atoms with Crippen molar-refractivity contribution in [3.63, 3.8) is 0 Å². The summed E-state index contributed by atoms with van der Waals surface area (Å²) in [5.74, 6) is 0. The summed E-state index contributed by atoms with van der Waals surface area (Å²) < 4.78 is 0. The zero-order valence-electron chi connectivity index (χ0n) is 6.33. The minimum atomic E-state index is 0.521. The van der Waals surface area contributed by atoms with Crippen LogP contribution in [0.3, 0.4) is 0 Å². The summed E-state index contributed by atoms with van der Waals surface area (Å²) in [6.07, 6.45) is 1.82. The van der Waals surface area contributed by atoms with Crippen molar-refractivity contribution in [1.82, 2.24) is 4.98 Å². The number of nitriles is 1. The van der Waals surface area contributed by atoms with Crippen molar-refractivity contribution in [1.29, 1.82) is 5.26 Å². The van der Waals surface area contributed by atoms with Crippen LogP contribution in [0.15, 0.2) is 24.4 Å². The van der Waals surface area contributed by atoms with E-state index in [4.69, 9.17) is 11.0 Å². The smallest absolute Gasteiger partial charge is 0.101 e. The Balaban J connectivity index is 2.84. The van der Waals surface area contributed by atoms with Gasteiger partial charge in [-0.2, -0.15) is 5.26 Å². The van der Waals surface area contributed by atoms with Crippen LogP contribution in [0.4, 0.5) is 5.69 Å². The number of nitrogens with zero attached hydrogens (tertiary/aromatic N) is 1. The first kappa shape index (κ1) is 6.74. The maximum absolute atomic E-state index is 8.68. The van der Waals surface area contributed by atoms with E-state index < -0.39 is 0 Å². The highest BCUT2D eigenvalue weighted by Crippen LogP contribution is 2.19. The average molecular weight is 157 g/mol. The fraction of sp³-hybridized carbons (Fsp3) is 0. The number of fused-ring (bicyclic) bond motifs is 1. The Morgan fingerprint density at radius 2 is 2.25 bits per heavy atom. The summed E-state index contributed by atoms with van der Waals surface area (Å²) >= 11 is 0. The number of nitrogen functional groups attached to an aromatic ring is 1. The molecule has 3 nitrogen and oxygen atoms in total. The van der Waals surface area contributed by atoms with Crippen molar-refractivity contribution in [3.8, 4) is 6.07 Å². The van der Waals surface area contributed by atoms with Gasteiger partial charge in [-0.3, -0.25) is 0 Å². The fourth-order valence-electron chi connectivity index (χ4n) is 1.21. The van der Waals surface area contributed by atoms with E-state index in [0.29, 0.717) is 11.3 Å². The molecular weight excluding hydrogens is 150 g/mol. The average Bonchev–Trinajstić information content (AvgIpc) is 2.49. The molecule has 2 aromatic rings. The molecule has 0 saturated carbocycles. The fourth-order valence-corrected chi connectivity index (χ4v) is 1.21. The molecule has 0 atom stereocenters. The summed E-state index contributed by atoms with van der Waals surface area (Å²) in [5.41, 5.74) is 7.63. The van der Waals surface area contributed by atoms with Gasteiger partial charge in [0.05, 0.1) is 11.3 Å². The number of hydrogen-bond donors (Lipinski definition) is 2. The van der Waals surface area contributed by atoms with Crippen LogP contribution in [0, 0.1) is 11.3 Å². The van der Waals surface area contributed by atoms with Crippen molar-refractivity contribution < 1.29 is 0 Å². The first-order chi connectivity index (χ1) is 5.81.